The first-order valence-corrected chi connectivity index (χ1v) is 8.20. The molecule has 0 fully saturated rings. The number of aryl methyl sites for hydroxylation is 1. The second kappa shape index (κ2) is 8.34. The fraction of sp³-hybridized carbons (Fsp3) is 0.250. The summed E-state index contributed by atoms with van der Waals surface area (Å²) >= 11 is 1.42. The molecule has 0 aliphatic carbocycles. The van der Waals surface area contributed by atoms with Crippen LogP contribution in [0, 0.1) is 10.1 Å². The molecule has 8 nitrogen and oxygen atoms in total. The average molecular weight is 364 g/mol. The Kier molecular flexibility index (Phi) is 6.18. The van der Waals surface area contributed by atoms with E-state index in [1.165, 1.54) is 47.8 Å². The van der Waals surface area contributed by atoms with Crippen LogP contribution in [0.2, 0.25) is 0 Å². The van der Waals surface area contributed by atoms with E-state index < -0.39 is 16.9 Å². The minimum absolute atomic E-state index is 0.0289. The Balaban J connectivity index is 1.82. The number of thioether (sulfide) groups is 1. The Bertz CT molecular complexity index is 784. The van der Waals surface area contributed by atoms with Crippen LogP contribution in [-0.2, 0) is 16.5 Å². The first-order chi connectivity index (χ1) is 11.9. The van der Waals surface area contributed by atoms with Crippen molar-refractivity contribution in [1.29, 1.82) is 0 Å². The lowest BCUT2D eigenvalue weighted by molar-refractivity contribution is -0.384. The lowest BCUT2D eigenvalue weighted by atomic mass is 10.3. The van der Waals surface area contributed by atoms with Crippen molar-refractivity contribution in [2.75, 3.05) is 19.5 Å². The van der Waals surface area contributed by atoms with E-state index >= 15 is 0 Å². The van der Waals surface area contributed by atoms with Gasteiger partial charge in [0.25, 0.3) is 5.69 Å². The number of rotatable bonds is 7. The van der Waals surface area contributed by atoms with Gasteiger partial charge in [-0.3, -0.25) is 10.1 Å². The molecule has 0 saturated carbocycles. The molecule has 132 valence electrons. The van der Waals surface area contributed by atoms with Gasteiger partial charge in [-0.1, -0.05) is 0 Å². The van der Waals surface area contributed by atoms with Crippen molar-refractivity contribution in [3.63, 3.8) is 0 Å². The van der Waals surface area contributed by atoms with Crippen LogP contribution >= 0.6 is 11.8 Å². The molecule has 0 amide bonds. The van der Waals surface area contributed by atoms with Gasteiger partial charge < -0.3 is 14.0 Å². The van der Waals surface area contributed by atoms with Crippen molar-refractivity contribution in [1.82, 2.24) is 4.57 Å². The zero-order valence-corrected chi connectivity index (χ0v) is 14.4. The second-order valence-electron chi connectivity index (χ2n) is 4.95. The predicted molar refractivity (Wildman–Crippen MR) is 90.9 cm³/mol. The molecule has 1 aromatic carbocycles. The summed E-state index contributed by atoms with van der Waals surface area (Å²) < 4.78 is 11.3. The zero-order valence-electron chi connectivity index (χ0n) is 13.6. The molecule has 0 radical (unpaired) electrons. The molecule has 9 heteroatoms. The van der Waals surface area contributed by atoms with Crippen LogP contribution in [0.25, 0.3) is 0 Å². The molecule has 1 heterocycles. The number of esters is 2. The Labute approximate surface area is 147 Å². The molecular weight excluding hydrogens is 348 g/mol. The number of carbonyl (C=O) groups is 2. The van der Waals surface area contributed by atoms with E-state index in [4.69, 9.17) is 4.74 Å². The lowest BCUT2D eigenvalue weighted by Gasteiger charge is -2.03. The van der Waals surface area contributed by atoms with Crippen molar-refractivity contribution in [2.45, 2.75) is 4.90 Å². The molecule has 0 aliphatic rings. The number of non-ortho nitro benzene ring substituents is 1. The standard InChI is InChI=1S/C16H16N2O6S/c1-17-10-11(9-14(17)16(20)23-2)15(19)24-7-8-25-13-5-3-12(4-6-13)18(21)22/h3-6,9-10H,7-8H2,1-2H3. The van der Waals surface area contributed by atoms with Crippen molar-refractivity contribution in [3.8, 4) is 0 Å². The molecular formula is C16H16N2O6S. The molecule has 0 N–H and O–H groups in total. The topological polar surface area (TPSA) is 101 Å². The third-order valence-electron chi connectivity index (χ3n) is 3.27. The lowest BCUT2D eigenvalue weighted by Crippen LogP contribution is -2.07. The first-order valence-electron chi connectivity index (χ1n) is 7.21. The van der Waals surface area contributed by atoms with Gasteiger partial charge in [-0.25, -0.2) is 9.59 Å². The summed E-state index contributed by atoms with van der Waals surface area (Å²) in [5.74, 6) is -0.564. The van der Waals surface area contributed by atoms with Crippen molar-refractivity contribution in [2.24, 2.45) is 7.05 Å². The first kappa shape index (κ1) is 18.5. The van der Waals surface area contributed by atoms with E-state index in [1.54, 1.807) is 19.2 Å². The quantitative estimate of drug-likeness (QED) is 0.245. The third kappa shape index (κ3) is 4.83. The Morgan fingerprint density at radius 2 is 1.92 bits per heavy atom. The van der Waals surface area contributed by atoms with Gasteiger partial charge in [-0.15, -0.1) is 11.8 Å². The number of benzene rings is 1. The van der Waals surface area contributed by atoms with E-state index in [-0.39, 0.29) is 23.6 Å². The maximum Gasteiger partial charge on any atom is 0.354 e. The Morgan fingerprint density at radius 3 is 2.52 bits per heavy atom. The average Bonchev–Trinajstić information content (AvgIpc) is 3.00. The van der Waals surface area contributed by atoms with Crippen LogP contribution in [0.5, 0.6) is 0 Å². The number of hydrogen-bond acceptors (Lipinski definition) is 7. The van der Waals surface area contributed by atoms with E-state index in [0.717, 1.165) is 4.90 Å². The number of aromatic nitrogens is 1. The molecule has 0 spiro atoms. The smallest absolute Gasteiger partial charge is 0.354 e. The number of ether oxygens (including phenoxy) is 2. The SMILES string of the molecule is COC(=O)c1cc(C(=O)OCCSc2ccc([N+](=O)[O-])cc2)cn1C. The normalized spacial score (nSPS) is 10.3. The highest BCUT2D eigenvalue weighted by Crippen LogP contribution is 2.21. The molecule has 1 aromatic heterocycles. The van der Waals surface area contributed by atoms with E-state index in [2.05, 4.69) is 4.74 Å². The van der Waals surface area contributed by atoms with Gasteiger partial charge >= 0.3 is 11.9 Å². The van der Waals surface area contributed by atoms with Gasteiger partial charge in [0, 0.05) is 36.0 Å². The molecule has 25 heavy (non-hydrogen) atoms. The summed E-state index contributed by atoms with van der Waals surface area (Å²) in [5, 5.41) is 10.6. The van der Waals surface area contributed by atoms with Gasteiger partial charge in [0.15, 0.2) is 0 Å². The summed E-state index contributed by atoms with van der Waals surface area (Å²) in [5.41, 5.74) is 0.555. The number of carbonyl (C=O) groups excluding carboxylic acids is 2. The third-order valence-corrected chi connectivity index (χ3v) is 4.24. The van der Waals surface area contributed by atoms with Crippen LogP contribution in [0.4, 0.5) is 5.69 Å². The molecule has 0 atom stereocenters. The largest absolute Gasteiger partial charge is 0.464 e. The minimum atomic E-state index is -0.532. The molecule has 0 saturated heterocycles. The molecule has 0 unspecified atom stereocenters. The highest BCUT2D eigenvalue weighted by atomic mass is 32.2. The summed E-state index contributed by atoms with van der Waals surface area (Å²) in [6, 6.07) is 7.55. The predicted octanol–water partition coefficient (Wildman–Crippen LogP) is 2.67. The monoisotopic (exact) mass is 364 g/mol. The van der Waals surface area contributed by atoms with E-state index in [0.29, 0.717) is 5.75 Å². The highest BCUT2D eigenvalue weighted by molar-refractivity contribution is 7.99. The fourth-order valence-corrected chi connectivity index (χ4v) is 2.76. The number of nitro groups is 1. The van der Waals surface area contributed by atoms with Crippen molar-refractivity contribution >= 4 is 29.4 Å². The van der Waals surface area contributed by atoms with Crippen LogP contribution in [0.15, 0.2) is 41.4 Å². The minimum Gasteiger partial charge on any atom is -0.464 e. The van der Waals surface area contributed by atoms with Gasteiger partial charge in [0.1, 0.15) is 12.3 Å². The van der Waals surface area contributed by atoms with Gasteiger partial charge in [-0.05, 0) is 18.2 Å². The van der Waals surface area contributed by atoms with Crippen LogP contribution in [0.1, 0.15) is 20.8 Å². The summed E-state index contributed by atoms with van der Waals surface area (Å²) in [4.78, 5) is 34.5. The van der Waals surface area contributed by atoms with Crippen LogP contribution < -0.4 is 0 Å². The fourth-order valence-electron chi connectivity index (χ4n) is 2.02. The van der Waals surface area contributed by atoms with Crippen molar-refractivity contribution in [3.05, 3.63) is 57.9 Å². The summed E-state index contributed by atoms with van der Waals surface area (Å²) in [6.07, 6.45) is 1.50. The Hall–Kier alpha value is -2.81. The van der Waals surface area contributed by atoms with E-state index in [1.807, 2.05) is 0 Å². The molecule has 2 rings (SSSR count). The number of nitro benzene ring substituents is 1. The van der Waals surface area contributed by atoms with Gasteiger partial charge in [0.05, 0.1) is 17.6 Å². The number of hydrogen-bond donors (Lipinski definition) is 0. The second-order valence-corrected chi connectivity index (χ2v) is 6.12. The zero-order chi connectivity index (χ0) is 18.4. The Morgan fingerprint density at radius 1 is 1.24 bits per heavy atom. The maximum absolute atomic E-state index is 12.0. The van der Waals surface area contributed by atoms with Crippen LogP contribution in [0.3, 0.4) is 0 Å². The van der Waals surface area contributed by atoms with E-state index in [9.17, 15) is 19.7 Å². The maximum atomic E-state index is 12.0. The van der Waals surface area contributed by atoms with Gasteiger partial charge in [0.2, 0.25) is 0 Å². The number of nitrogens with zero attached hydrogens (tertiary/aromatic N) is 2. The summed E-state index contributed by atoms with van der Waals surface area (Å²) in [6.45, 7) is 0.170. The van der Waals surface area contributed by atoms with Gasteiger partial charge in [-0.2, -0.15) is 0 Å². The summed E-state index contributed by atoms with van der Waals surface area (Å²) in [7, 11) is 2.90. The van der Waals surface area contributed by atoms with Crippen LogP contribution in [-0.4, -0.2) is 40.9 Å². The highest BCUT2D eigenvalue weighted by Gasteiger charge is 2.17. The van der Waals surface area contributed by atoms with Crippen molar-refractivity contribution < 1.29 is 24.0 Å². The molecule has 2 aromatic rings. The number of methoxy groups -OCH3 is 1. The molecule has 0 bridgehead atoms. The molecule has 0 aliphatic heterocycles.